The van der Waals surface area contributed by atoms with Crippen LogP contribution in [-0.4, -0.2) is 26.3 Å². The van der Waals surface area contributed by atoms with Crippen LogP contribution in [0.15, 0.2) is 72.8 Å². The van der Waals surface area contributed by atoms with Gasteiger partial charge in [-0.3, -0.25) is 0 Å². The predicted octanol–water partition coefficient (Wildman–Crippen LogP) is 4.69. The van der Waals surface area contributed by atoms with Gasteiger partial charge in [0.05, 0.1) is 0 Å². The molecule has 0 bridgehead atoms. The first-order valence-corrected chi connectivity index (χ1v) is 10.6. The van der Waals surface area contributed by atoms with Crippen LogP contribution in [0.25, 0.3) is 11.1 Å². The number of alkyl carbamates (subject to hydrolysis) is 1. The van der Waals surface area contributed by atoms with Gasteiger partial charge in [-0.05, 0) is 40.9 Å². The van der Waals surface area contributed by atoms with Gasteiger partial charge in [-0.25, -0.2) is 4.79 Å². The van der Waals surface area contributed by atoms with Crippen LogP contribution in [0.2, 0.25) is 0 Å². The highest BCUT2D eigenvalue weighted by molar-refractivity contribution is 5.79. The Bertz CT molecular complexity index is 1080. The summed E-state index contributed by atoms with van der Waals surface area (Å²) in [7, 11) is 1.92. The number of carbonyl (C=O) groups excluding carboxylic acids is 1. The Labute approximate surface area is 183 Å². The summed E-state index contributed by atoms with van der Waals surface area (Å²) in [5.74, 6) is 6.39. The average Bonchev–Trinajstić information content (AvgIpc) is 3.12. The van der Waals surface area contributed by atoms with E-state index in [0.29, 0.717) is 19.6 Å². The standard InChI is InChI=1S/C27H26N2O2/c1-28-18-21-12-3-2-10-20(21)11-8-9-17-29-27(30)31-19-26-24-15-6-4-13-22(24)23-14-5-7-16-25(23)26/h2-7,10,12-16,26,28H,9,17-19H2,1H3,(H,29,30). The molecular formula is C27H26N2O2. The molecule has 4 rings (SSSR count). The first-order valence-electron chi connectivity index (χ1n) is 10.6. The molecule has 0 aromatic heterocycles. The number of hydrogen-bond donors (Lipinski definition) is 2. The van der Waals surface area contributed by atoms with Gasteiger partial charge in [-0.15, -0.1) is 0 Å². The third-order valence-electron chi connectivity index (χ3n) is 5.47. The normalized spacial score (nSPS) is 11.8. The topological polar surface area (TPSA) is 50.4 Å². The van der Waals surface area contributed by atoms with E-state index in [9.17, 15) is 4.79 Å². The highest BCUT2D eigenvalue weighted by atomic mass is 16.5. The first-order chi connectivity index (χ1) is 15.3. The Hall–Kier alpha value is -3.55. The zero-order chi connectivity index (χ0) is 21.5. The third kappa shape index (κ3) is 4.79. The van der Waals surface area contributed by atoms with Gasteiger partial charge >= 0.3 is 6.09 Å². The summed E-state index contributed by atoms with van der Waals surface area (Å²) in [5, 5.41) is 5.95. The van der Waals surface area contributed by atoms with Crippen molar-refractivity contribution < 1.29 is 9.53 Å². The second-order valence-electron chi connectivity index (χ2n) is 7.49. The number of ether oxygens (including phenoxy) is 1. The van der Waals surface area contributed by atoms with Gasteiger partial charge in [0, 0.05) is 31.0 Å². The van der Waals surface area contributed by atoms with Crippen LogP contribution in [0.1, 0.15) is 34.6 Å². The van der Waals surface area contributed by atoms with Crippen molar-refractivity contribution in [3.05, 3.63) is 95.1 Å². The number of hydrogen-bond acceptors (Lipinski definition) is 3. The van der Waals surface area contributed by atoms with Crippen molar-refractivity contribution in [3.63, 3.8) is 0 Å². The molecule has 2 N–H and O–H groups in total. The molecule has 1 aliphatic rings. The van der Waals surface area contributed by atoms with Crippen molar-refractivity contribution in [3.8, 4) is 23.0 Å². The first kappa shape index (κ1) is 20.7. The summed E-state index contributed by atoms with van der Waals surface area (Å²) in [6.45, 7) is 1.56. The number of fused-ring (bicyclic) bond motifs is 3. The molecule has 31 heavy (non-hydrogen) atoms. The van der Waals surface area contributed by atoms with E-state index >= 15 is 0 Å². The average molecular weight is 411 g/mol. The van der Waals surface area contributed by atoms with Gasteiger partial charge < -0.3 is 15.4 Å². The second-order valence-corrected chi connectivity index (χ2v) is 7.49. The molecule has 0 unspecified atom stereocenters. The zero-order valence-electron chi connectivity index (χ0n) is 17.7. The Morgan fingerprint density at radius 3 is 2.29 bits per heavy atom. The summed E-state index contributed by atoms with van der Waals surface area (Å²) in [5.41, 5.74) is 7.05. The molecular weight excluding hydrogens is 384 g/mol. The summed E-state index contributed by atoms with van der Waals surface area (Å²) in [6, 6.07) is 24.7. The fourth-order valence-electron chi connectivity index (χ4n) is 4.02. The summed E-state index contributed by atoms with van der Waals surface area (Å²) in [6.07, 6.45) is 0.164. The third-order valence-corrected chi connectivity index (χ3v) is 5.47. The summed E-state index contributed by atoms with van der Waals surface area (Å²) < 4.78 is 5.55. The lowest BCUT2D eigenvalue weighted by atomic mass is 9.98. The maximum absolute atomic E-state index is 12.2. The Morgan fingerprint density at radius 2 is 1.58 bits per heavy atom. The highest BCUT2D eigenvalue weighted by Crippen LogP contribution is 2.44. The van der Waals surface area contributed by atoms with Crippen LogP contribution in [-0.2, 0) is 11.3 Å². The lowest BCUT2D eigenvalue weighted by Gasteiger charge is -2.14. The SMILES string of the molecule is CNCc1ccccc1C#CCCNC(=O)OCC1c2ccccc2-c2ccccc21. The van der Waals surface area contributed by atoms with Crippen molar-refractivity contribution >= 4 is 6.09 Å². The zero-order valence-corrected chi connectivity index (χ0v) is 17.7. The molecule has 4 nitrogen and oxygen atoms in total. The lowest BCUT2D eigenvalue weighted by Crippen LogP contribution is -2.26. The van der Waals surface area contributed by atoms with Crippen molar-refractivity contribution in [1.82, 2.24) is 10.6 Å². The number of carbonyl (C=O) groups is 1. The Balaban J connectivity index is 1.29. The van der Waals surface area contributed by atoms with Gasteiger partial charge in [-0.2, -0.15) is 0 Å². The van der Waals surface area contributed by atoms with E-state index < -0.39 is 6.09 Å². The van der Waals surface area contributed by atoms with Crippen molar-refractivity contribution in [1.29, 1.82) is 0 Å². The van der Waals surface area contributed by atoms with Gasteiger partial charge in [-0.1, -0.05) is 78.6 Å². The minimum Gasteiger partial charge on any atom is -0.449 e. The van der Waals surface area contributed by atoms with Crippen LogP contribution >= 0.6 is 0 Å². The summed E-state index contributed by atoms with van der Waals surface area (Å²) >= 11 is 0. The molecule has 0 radical (unpaired) electrons. The van der Waals surface area contributed by atoms with Gasteiger partial charge in [0.15, 0.2) is 0 Å². The van der Waals surface area contributed by atoms with Crippen LogP contribution in [0, 0.1) is 11.8 Å². The largest absolute Gasteiger partial charge is 0.449 e. The Morgan fingerprint density at radius 1 is 0.935 bits per heavy atom. The molecule has 0 fully saturated rings. The minimum atomic E-state index is -0.403. The smallest absolute Gasteiger partial charge is 0.407 e. The fourth-order valence-corrected chi connectivity index (χ4v) is 4.02. The van der Waals surface area contributed by atoms with Gasteiger partial charge in [0.25, 0.3) is 0 Å². The van der Waals surface area contributed by atoms with Crippen LogP contribution in [0.3, 0.4) is 0 Å². The van der Waals surface area contributed by atoms with E-state index in [1.165, 1.54) is 27.8 Å². The molecule has 0 atom stereocenters. The van der Waals surface area contributed by atoms with Crippen LogP contribution in [0.5, 0.6) is 0 Å². The second kappa shape index (κ2) is 9.97. The maximum atomic E-state index is 12.2. The van der Waals surface area contributed by atoms with E-state index in [4.69, 9.17) is 4.74 Å². The predicted molar refractivity (Wildman–Crippen MR) is 124 cm³/mol. The Kier molecular flexibility index (Phi) is 6.66. The van der Waals surface area contributed by atoms with Gasteiger partial charge in [0.1, 0.15) is 6.61 Å². The fraction of sp³-hybridized carbons (Fsp3) is 0.222. The molecule has 0 aliphatic heterocycles. The quantitative estimate of drug-likeness (QED) is 0.458. The lowest BCUT2D eigenvalue weighted by molar-refractivity contribution is 0.143. The minimum absolute atomic E-state index is 0.0709. The molecule has 0 saturated heterocycles. The monoisotopic (exact) mass is 410 g/mol. The van der Waals surface area contributed by atoms with Crippen molar-refractivity contribution in [2.45, 2.75) is 18.9 Å². The van der Waals surface area contributed by atoms with Crippen LogP contribution < -0.4 is 10.6 Å². The number of rotatable bonds is 6. The molecule has 0 spiro atoms. The molecule has 1 amide bonds. The highest BCUT2D eigenvalue weighted by Gasteiger charge is 2.28. The molecule has 0 heterocycles. The number of nitrogens with one attached hydrogen (secondary N) is 2. The van der Waals surface area contributed by atoms with Crippen LogP contribution in [0.4, 0.5) is 4.79 Å². The van der Waals surface area contributed by atoms with E-state index in [2.05, 4.69) is 52.8 Å². The van der Waals surface area contributed by atoms with E-state index in [1.54, 1.807) is 0 Å². The van der Waals surface area contributed by atoms with E-state index in [-0.39, 0.29) is 5.92 Å². The summed E-state index contributed by atoms with van der Waals surface area (Å²) in [4.78, 5) is 12.2. The van der Waals surface area contributed by atoms with Crippen molar-refractivity contribution in [2.24, 2.45) is 0 Å². The van der Waals surface area contributed by atoms with Crippen molar-refractivity contribution in [2.75, 3.05) is 20.2 Å². The van der Waals surface area contributed by atoms with Gasteiger partial charge in [0.2, 0.25) is 0 Å². The maximum Gasteiger partial charge on any atom is 0.407 e. The van der Waals surface area contributed by atoms with E-state index in [1.807, 2.05) is 49.5 Å². The molecule has 1 aliphatic carbocycles. The molecule has 3 aromatic rings. The number of amides is 1. The molecule has 0 saturated carbocycles. The van der Waals surface area contributed by atoms with E-state index in [0.717, 1.165) is 12.1 Å². The number of benzene rings is 3. The molecule has 156 valence electrons. The molecule has 3 aromatic carbocycles. The molecule has 4 heteroatoms.